The second-order valence-electron chi connectivity index (χ2n) is 6.22. The Balaban J connectivity index is 1.58. The van der Waals surface area contributed by atoms with Crippen molar-refractivity contribution in [3.8, 4) is 0 Å². The van der Waals surface area contributed by atoms with E-state index in [1.54, 1.807) is 12.4 Å². The molecule has 0 fully saturated rings. The van der Waals surface area contributed by atoms with Crippen molar-refractivity contribution in [2.24, 2.45) is 5.10 Å². The van der Waals surface area contributed by atoms with Crippen LogP contribution in [0.3, 0.4) is 0 Å². The zero-order valence-electron chi connectivity index (χ0n) is 14.7. The Labute approximate surface area is 168 Å². The van der Waals surface area contributed by atoms with Gasteiger partial charge in [-0.25, -0.2) is 0 Å². The lowest BCUT2D eigenvalue weighted by molar-refractivity contribution is -0.123. The molecular formula is C19H21Cl2N5O. The largest absolute Gasteiger partial charge is 0.333 e. The van der Waals surface area contributed by atoms with Gasteiger partial charge in [-0.05, 0) is 36.2 Å². The highest BCUT2D eigenvalue weighted by Crippen LogP contribution is 2.13. The van der Waals surface area contributed by atoms with Crippen molar-refractivity contribution in [1.29, 1.82) is 0 Å². The van der Waals surface area contributed by atoms with E-state index in [1.807, 2.05) is 36.4 Å². The summed E-state index contributed by atoms with van der Waals surface area (Å²) in [6.07, 6.45) is 4.36. The van der Waals surface area contributed by atoms with Gasteiger partial charge in [-0.1, -0.05) is 23.7 Å². The number of rotatable bonds is 8. The lowest BCUT2D eigenvalue weighted by Crippen LogP contribution is -2.51. The van der Waals surface area contributed by atoms with Crippen LogP contribution in [-0.2, 0) is 11.2 Å². The number of alkyl halides is 1. The van der Waals surface area contributed by atoms with Crippen molar-refractivity contribution in [2.45, 2.75) is 25.0 Å². The molecule has 27 heavy (non-hydrogen) atoms. The van der Waals surface area contributed by atoms with Crippen LogP contribution in [0.2, 0.25) is 5.02 Å². The molecule has 1 aromatic heterocycles. The Morgan fingerprint density at radius 3 is 2.67 bits per heavy atom. The van der Waals surface area contributed by atoms with Crippen molar-refractivity contribution < 1.29 is 4.79 Å². The van der Waals surface area contributed by atoms with E-state index in [-0.39, 0.29) is 12.1 Å². The zero-order valence-corrected chi connectivity index (χ0v) is 16.2. The predicted octanol–water partition coefficient (Wildman–Crippen LogP) is 2.31. The van der Waals surface area contributed by atoms with Crippen molar-refractivity contribution in [3.63, 3.8) is 0 Å². The Morgan fingerprint density at radius 1 is 1.22 bits per heavy atom. The fraction of sp³-hybridized carbons (Fsp3) is 0.316. The molecule has 1 unspecified atom stereocenters. The first-order valence-electron chi connectivity index (χ1n) is 8.72. The van der Waals surface area contributed by atoms with Crippen LogP contribution in [0.4, 0.5) is 0 Å². The second kappa shape index (κ2) is 9.69. The van der Waals surface area contributed by atoms with Gasteiger partial charge in [0.25, 0.3) is 0 Å². The highest BCUT2D eigenvalue weighted by molar-refractivity contribution is 6.30. The summed E-state index contributed by atoms with van der Waals surface area (Å²) in [7, 11) is 0. The number of carbonyl (C=O) groups excluding carboxylic acids is 1. The van der Waals surface area contributed by atoms with Crippen molar-refractivity contribution in [3.05, 3.63) is 64.9 Å². The Bertz CT molecular complexity index is 782. The van der Waals surface area contributed by atoms with Gasteiger partial charge < -0.3 is 10.6 Å². The molecule has 0 spiro atoms. The van der Waals surface area contributed by atoms with E-state index < -0.39 is 6.04 Å². The molecule has 8 heteroatoms. The van der Waals surface area contributed by atoms with Gasteiger partial charge in [-0.3, -0.25) is 15.2 Å². The highest BCUT2D eigenvalue weighted by Gasteiger charge is 2.25. The number of hydrogen-bond donors (Lipinski definition) is 3. The van der Waals surface area contributed by atoms with Crippen molar-refractivity contribution in [1.82, 2.24) is 21.0 Å². The van der Waals surface area contributed by atoms with Crippen LogP contribution < -0.4 is 16.1 Å². The average molecular weight is 406 g/mol. The molecule has 0 radical (unpaired) electrons. The summed E-state index contributed by atoms with van der Waals surface area (Å²) in [6.45, 7) is 0.546. The summed E-state index contributed by atoms with van der Waals surface area (Å²) in [4.78, 5) is 16.8. The lowest BCUT2D eigenvalue weighted by atomic mass is 10.0. The van der Waals surface area contributed by atoms with Gasteiger partial charge in [0.1, 0.15) is 6.17 Å². The molecule has 1 aliphatic heterocycles. The van der Waals surface area contributed by atoms with Gasteiger partial charge >= 0.3 is 0 Å². The third kappa shape index (κ3) is 5.66. The quantitative estimate of drug-likeness (QED) is 0.588. The van der Waals surface area contributed by atoms with Crippen LogP contribution in [0.25, 0.3) is 0 Å². The van der Waals surface area contributed by atoms with Gasteiger partial charge in [0.2, 0.25) is 5.91 Å². The van der Waals surface area contributed by atoms with Crippen LogP contribution >= 0.6 is 23.2 Å². The number of halogens is 2. The molecule has 0 aliphatic carbocycles. The average Bonchev–Trinajstić information content (AvgIpc) is 3.15. The van der Waals surface area contributed by atoms with Gasteiger partial charge in [-0.2, -0.15) is 5.10 Å². The van der Waals surface area contributed by atoms with E-state index in [1.165, 1.54) is 0 Å². The molecule has 1 aromatic carbocycles. The molecule has 1 amide bonds. The van der Waals surface area contributed by atoms with Gasteiger partial charge in [-0.15, -0.1) is 11.6 Å². The fourth-order valence-electron chi connectivity index (χ4n) is 2.87. The predicted molar refractivity (Wildman–Crippen MR) is 108 cm³/mol. The summed E-state index contributed by atoms with van der Waals surface area (Å²) in [5.41, 5.74) is 5.89. The molecule has 0 bridgehead atoms. The molecule has 0 saturated carbocycles. The van der Waals surface area contributed by atoms with E-state index >= 15 is 0 Å². The molecule has 2 heterocycles. The lowest BCUT2D eigenvalue weighted by Gasteiger charge is -2.21. The Hall–Kier alpha value is -2.15. The maximum absolute atomic E-state index is 12.8. The third-order valence-electron chi connectivity index (χ3n) is 4.24. The minimum Gasteiger partial charge on any atom is -0.333 e. The van der Waals surface area contributed by atoms with Crippen LogP contribution in [-0.4, -0.2) is 41.2 Å². The first-order chi connectivity index (χ1) is 13.2. The molecule has 3 rings (SSSR count). The van der Waals surface area contributed by atoms with Gasteiger partial charge in [0, 0.05) is 41.8 Å². The van der Waals surface area contributed by atoms with Gasteiger partial charge in [0.05, 0.1) is 11.8 Å². The standard InChI is InChI=1S/C19H21Cl2N5O/c20-7-10-23-17(11-13-1-3-15(21)4-2-13)19(27)24-18-12-16(25-26-18)14-5-8-22-9-6-14/h1-6,8-9,17-18,23,26H,7,10-12H2,(H,24,27)/t17-,18?/m0/s1. The minimum atomic E-state index is -0.392. The highest BCUT2D eigenvalue weighted by atomic mass is 35.5. The molecule has 6 nitrogen and oxygen atoms in total. The first kappa shape index (κ1) is 19.6. The summed E-state index contributed by atoms with van der Waals surface area (Å²) in [5, 5.41) is 11.2. The first-order valence-corrected chi connectivity index (χ1v) is 9.63. The summed E-state index contributed by atoms with van der Waals surface area (Å²) < 4.78 is 0. The Kier molecular flexibility index (Phi) is 7.04. The number of nitrogens with zero attached hydrogens (tertiary/aromatic N) is 2. The van der Waals surface area contributed by atoms with E-state index in [9.17, 15) is 4.79 Å². The topological polar surface area (TPSA) is 78.4 Å². The molecular weight excluding hydrogens is 385 g/mol. The molecule has 2 aromatic rings. The molecule has 0 saturated heterocycles. The summed E-state index contributed by atoms with van der Waals surface area (Å²) in [6, 6.07) is 10.9. The number of hydrogen-bond acceptors (Lipinski definition) is 5. The maximum atomic E-state index is 12.8. The van der Waals surface area contributed by atoms with E-state index in [0.717, 1.165) is 16.8 Å². The number of pyridine rings is 1. The van der Waals surface area contributed by atoms with Crippen LogP contribution in [0.15, 0.2) is 53.9 Å². The Morgan fingerprint density at radius 2 is 1.96 bits per heavy atom. The van der Waals surface area contributed by atoms with E-state index in [0.29, 0.717) is 30.3 Å². The normalized spacial score (nSPS) is 17.1. The number of benzene rings is 1. The molecule has 2 atom stereocenters. The third-order valence-corrected chi connectivity index (χ3v) is 4.68. The zero-order chi connectivity index (χ0) is 19.1. The second-order valence-corrected chi connectivity index (χ2v) is 7.03. The number of amides is 1. The number of carbonyl (C=O) groups is 1. The van der Waals surface area contributed by atoms with Crippen LogP contribution in [0.1, 0.15) is 17.5 Å². The van der Waals surface area contributed by atoms with E-state index in [4.69, 9.17) is 23.2 Å². The summed E-state index contributed by atoms with van der Waals surface area (Å²) in [5.74, 6) is 0.334. The van der Waals surface area contributed by atoms with Crippen LogP contribution in [0, 0.1) is 0 Å². The number of hydrazone groups is 1. The molecule has 3 N–H and O–H groups in total. The molecule has 142 valence electrons. The smallest absolute Gasteiger partial charge is 0.239 e. The number of nitrogens with one attached hydrogen (secondary N) is 3. The van der Waals surface area contributed by atoms with Gasteiger partial charge in [0.15, 0.2) is 0 Å². The minimum absolute atomic E-state index is 0.0984. The van der Waals surface area contributed by atoms with Crippen molar-refractivity contribution >= 4 is 34.8 Å². The fourth-order valence-corrected chi connectivity index (χ4v) is 3.10. The number of aromatic nitrogens is 1. The maximum Gasteiger partial charge on any atom is 0.239 e. The monoisotopic (exact) mass is 405 g/mol. The SMILES string of the molecule is O=C(NC1CC(c2ccncc2)=NN1)[C@H](Cc1ccc(Cl)cc1)NCCCl. The van der Waals surface area contributed by atoms with Crippen molar-refractivity contribution in [2.75, 3.05) is 12.4 Å². The summed E-state index contributed by atoms with van der Waals surface area (Å²) >= 11 is 11.7. The van der Waals surface area contributed by atoms with Crippen LogP contribution in [0.5, 0.6) is 0 Å². The van der Waals surface area contributed by atoms with E-state index in [2.05, 4.69) is 26.1 Å². The molecule has 1 aliphatic rings.